The van der Waals surface area contributed by atoms with Crippen LogP contribution in [-0.2, 0) is 9.59 Å². The molecule has 1 amide bonds. The first kappa shape index (κ1) is 24.7. The molecule has 2 fully saturated rings. The molecule has 2 saturated carbocycles. The van der Waals surface area contributed by atoms with Gasteiger partial charge >= 0.3 is 0 Å². The Morgan fingerprint density at radius 2 is 1.72 bits per heavy atom. The van der Waals surface area contributed by atoms with E-state index in [9.17, 15) is 9.59 Å². The summed E-state index contributed by atoms with van der Waals surface area (Å²) in [7, 11) is 0. The van der Waals surface area contributed by atoms with Gasteiger partial charge in [0.1, 0.15) is 12.1 Å². The van der Waals surface area contributed by atoms with E-state index in [0.29, 0.717) is 6.04 Å². The van der Waals surface area contributed by atoms with Gasteiger partial charge in [-0.1, -0.05) is 69.2 Å². The maximum absolute atomic E-state index is 12.7. The number of rotatable bonds is 7. The van der Waals surface area contributed by atoms with Crippen LogP contribution in [0.4, 0.5) is 5.69 Å². The summed E-state index contributed by atoms with van der Waals surface area (Å²) in [6.45, 7) is 0. The number of imidazole rings is 1. The van der Waals surface area contributed by atoms with Crippen molar-refractivity contribution >= 4 is 34.5 Å². The van der Waals surface area contributed by atoms with Crippen LogP contribution in [0.25, 0.3) is 16.6 Å². The summed E-state index contributed by atoms with van der Waals surface area (Å²) in [6, 6.07) is 5.99. The third kappa shape index (κ3) is 6.04. The highest BCUT2D eigenvalue weighted by Gasteiger charge is 2.22. The molecule has 6 heteroatoms. The van der Waals surface area contributed by atoms with Gasteiger partial charge in [0, 0.05) is 23.2 Å². The normalized spacial score (nSPS) is 20.8. The van der Waals surface area contributed by atoms with Crippen LogP contribution in [0.5, 0.6) is 0 Å². The van der Waals surface area contributed by atoms with Crippen LogP contribution < -0.4 is 10.6 Å². The summed E-state index contributed by atoms with van der Waals surface area (Å²) >= 11 is 0. The summed E-state index contributed by atoms with van der Waals surface area (Å²) in [5.41, 5.74) is 4.60. The first-order chi connectivity index (χ1) is 17.7. The number of carbonyl (C=O) groups is 2. The molecule has 190 valence electrons. The summed E-state index contributed by atoms with van der Waals surface area (Å²) in [5.74, 6) is 1.05. The second-order valence-corrected chi connectivity index (χ2v) is 10.5. The second-order valence-electron chi connectivity index (χ2n) is 10.5. The Morgan fingerprint density at radius 1 is 0.972 bits per heavy atom. The van der Waals surface area contributed by atoms with E-state index in [4.69, 9.17) is 4.98 Å². The number of anilines is 1. The Kier molecular flexibility index (Phi) is 8.11. The van der Waals surface area contributed by atoms with Crippen LogP contribution in [0.2, 0.25) is 0 Å². The lowest BCUT2D eigenvalue weighted by Crippen LogP contribution is -2.40. The number of nitrogens with zero attached hydrogens (tertiary/aromatic N) is 1. The highest BCUT2D eigenvalue weighted by atomic mass is 16.1. The minimum Gasteiger partial charge on any atom is -0.338 e. The van der Waals surface area contributed by atoms with Crippen LogP contribution in [0.1, 0.15) is 82.9 Å². The Balaban J connectivity index is 1.25. The van der Waals surface area contributed by atoms with E-state index in [-0.39, 0.29) is 17.9 Å². The molecular formula is C30H38N4O2. The molecule has 0 saturated heterocycles. The number of aromatic amines is 1. The number of hydrogen-bond donors (Lipinski definition) is 3. The van der Waals surface area contributed by atoms with E-state index in [0.717, 1.165) is 84.9 Å². The van der Waals surface area contributed by atoms with Crippen LogP contribution >= 0.6 is 0 Å². The molecule has 1 heterocycles. The number of amides is 1. The third-order valence-electron chi connectivity index (χ3n) is 7.91. The number of carbonyl (C=O) groups excluding carboxylic acids is 2. The molecule has 1 unspecified atom stereocenters. The van der Waals surface area contributed by atoms with Crippen LogP contribution in [-0.4, -0.2) is 34.2 Å². The average Bonchev–Trinajstić information content (AvgIpc) is 3.06. The number of aldehydes is 1. The molecule has 2 aromatic rings. The van der Waals surface area contributed by atoms with Crippen LogP contribution in [0.15, 0.2) is 48.1 Å². The fourth-order valence-corrected chi connectivity index (χ4v) is 5.80. The zero-order valence-corrected chi connectivity index (χ0v) is 21.1. The minimum absolute atomic E-state index is 0.127. The summed E-state index contributed by atoms with van der Waals surface area (Å²) < 4.78 is 0. The Morgan fingerprint density at radius 3 is 2.50 bits per heavy atom. The number of H-pyrrole nitrogens is 1. The molecule has 0 spiro atoms. The van der Waals surface area contributed by atoms with Gasteiger partial charge in [0.25, 0.3) is 0 Å². The number of aromatic nitrogens is 2. The highest BCUT2D eigenvalue weighted by Crippen LogP contribution is 2.27. The Hall–Kier alpha value is -2.99. The molecule has 3 aliphatic carbocycles. The molecule has 0 radical (unpaired) electrons. The van der Waals surface area contributed by atoms with Gasteiger partial charge in [-0.3, -0.25) is 4.79 Å². The topological polar surface area (TPSA) is 86.9 Å². The van der Waals surface area contributed by atoms with Gasteiger partial charge in [-0.2, -0.15) is 0 Å². The van der Waals surface area contributed by atoms with Gasteiger partial charge in [-0.15, -0.1) is 0 Å². The molecule has 36 heavy (non-hydrogen) atoms. The van der Waals surface area contributed by atoms with Crippen molar-refractivity contribution in [3.63, 3.8) is 0 Å². The van der Waals surface area contributed by atoms with Crippen molar-refractivity contribution in [1.29, 1.82) is 0 Å². The van der Waals surface area contributed by atoms with E-state index < -0.39 is 0 Å². The zero-order valence-electron chi connectivity index (χ0n) is 21.1. The molecule has 5 rings (SSSR count). The number of allylic oxidation sites excluding steroid dienone is 4. The van der Waals surface area contributed by atoms with E-state index >= 15 is 0 Å². The highest BCUT2D eigenvalue weighted by molar-refractivity contribution is 5.95. The van der Waals surface area contributed by atoms with Gasteiger partial charge in [0.2, 0.25) is 5.91 Å². The molecule has 6 nitrogen and oxygen atoms in total. The second kappa shape index (κ2) is 11.8. The fraction of sp³-hybridized carbons (Fsp3) is 0.500. The lowest BCUT2D eigenvalue weighted by atomic mass is 9.88. The standard InChI is InChI=1S/C30H38N4O2/c35-20-28(31-24-13-6-1-2-7-14-24)21-11-8-12-22(16-15-21)29-33-26-18-17-25(19-27(26)34-29)32-30(36)23-9-4-3-5-10-23/h11-12,15-20,23-24,28,31H,1-10,13-14H2,(H,32,36)(H,33,34). The lowest BCUT2D eigenvalue weighted by Gasteiger charge is -2.22. The first-order valence-electron chi connectivity index (χ1n) is 13.8. The monoisotopic (exact) mass is 486 g/mol. The van der Waals surface area contributed by atoms with Crippen molar-refractivity contribution in [1.82, 2.24) is 15.3 Å². The predicted octanol–water partition coefficient (Wildman–Crippen LogP) is 6.23. The van der Waals surface area contributed by atoms with Gasteiger partial charge < -0.3 is 20.4 Å². The van der Waals surface area contributed by atoms with E-state index in [1.807, 2.05) is 30.4 Å². The summed E-state index contributed by atoms with van der Waals surface area (Å²) in [5, 5.41) is 6.70. The van der Waals surface area contributed by atoms with Crippen molar-refractivity contribution in [2.24, 2.45) is 5.92 Å². The smallest absolute Gasteiger partial charge is 0.227 e. The SMILES string of the molecule is O=CC(NC1CCCCCC1)C1=CCC=C(c2nc3ccc(NC(=O)C4CCCCC4)cc3[nH]2)C=C1. The Labute approximate surface area is 213 Å². The lowest BCUT2D eigenvalue weighted by molar-refractivity contribution is -0.120. The molecular weight excluding hydrogens is 448 g/mol. The molecule has 0 aliphatic heterocycles. The summed E-state index contributed by atoms with van der Waals surface area (Å²) in [4.78, 5) is 32.8. The van der Waals surface area contributed by atoms with Crippen molar-refractivity contribution in [2.75, 3.05) is 5.32 Å². The molecule has 1 aromatic heterocycles. The zero-order chi connectivity index (χ0) is 24.7. The van der Waals surface area contributed by atoms with Gasteiger partial charge in [0.15, 0.2) is 0 Å². The van der Waals surface area contributed by atoms with Gasteiger partial charge in [-0.25, -0.2) is 4.98 Å². The predicted molar refractivity (Wildman–Crippen MR) is 146 cm³/mol. The van der Waals surface area contributed by atoms with Crippen LogP contribution in [0, 0.1) is 5.92 Å². The van der Waals surface area contributed by atoms with E-state index in [1.54, 1.807) is 0 Å². The molecule has 1 atom stereocenters. The fourth-order valence-electron chi connectivity index (χ4n) is 5.80. The van der Waals surface area contributed by atoms with Crippen molar-refractivity contribution < 1.29 is 9.59 Å². The molecule has 3 aliphatic rings. The molecule has 0 bridgehead atoms. The van der Waals surface area contributed by atoms with Crippen LogP contribution in [0.3, 0.4) is 0 Å². The van der Waals surface area contributed by atoms with Crippen molar-refractivity contribution in [3.05, 3.63) is 53.9 Å². The number of nitrogens with one attached hydrogen (secondary N) is 3. The minimum atomic E-state index is -0.275. The number of benzene rings is 1. The molecule has 3 N–H and O–H groups in total. The Bertz CT molecular complexity index is 1160. The van der Waals surface area contributed by atoms with Gasteiger partial charge in [0.05, 0.1) is 17.1 Å². The largest absolute Gasteiger partial charge is 0.338 e. The van der Waals surface area contributed by atoms with Gasteiger partial charge in [-0.05, 0) is 55.9 Å². The molecule has 1 aromatic carbocycles. The van der Waals surface area contributed by atoms with E-state index in [1.165, 1.54) is 32.1 Å². The third-order valence-corrected chi connectivity index (χ3v) is 7.91. The summed E-state index contributed by atoms with van der Waals surface area (Å²) in [6.07, 6.45) is 23.0. The average molecular weight is 487 g/mol. The first-order valence-corrected chi connectivity index (χ1v) is 13.8. The van der Waals surface area contributed by atoms with Crippen molar-refractivity contribution in [3.8, 4) is 0 Å². The quantitative estimate of drug-likeness (QED) is 0.320. The maximum Gasteiger partial charge on any atom is 0.227 e. The number of fused-ring (bicyclic) bond motifs is 1. The van der Waals surface area contributed by atoms with E-state index in [2.05, 4.69) is 27.8 Å². The maximum atomic E-state index is 12.7. The number of hydrogen-bond acceptors (Lipinski definition) is 4. The van der Waals surface area contributed by atoms with Crippen molar-refractivity contribution in [2.45, 2.75) is 89.1 Å².